The molecule has 6 nitrogen and oxygen atoms in total. The number of hydrogen-bond acceptors (Lipinski definition) is 4. The summed E-state index contributed by atoms with van der Waals surface area (Å²) >= 11 is 1.30. The lowest BCUT2D eigenvalue weighted by atomic mass is 10.3. The molecule has 3 amide bonds. The standard InChI is InChI=1S/C11H17N3O3S/c15-9-1-4-13(6-3-12-9)10(16)2-5-14-7-8-18-11(14)17/h1-8H2,(H,12,15). The number of amides is 3. The molecule has 0 aromatic carbocycles. The van der Waals surface area contributed by atoms with E-state index in [-0.39, 0.29) is 17.1 Å². The maximum absolute atomic E-state index is 12.0. The highest BCUT2D eigenvalue weighted by Crippen LogP contribution is 2.17. The van der Waals surface area contributed by atoms with Crippen molar-refractivity contribution in [1.82, 2.24) is 15.1 Å². The van der Waals surface area contributed by atoms with Crippen LogP contribution in [-0.2, 0) is 9.59 Å². The summed E-state index contributed by atoms with van der Waals surface area (Å²) in [4.78, 5) is 37.9. The predicted molar refractivity (Wildman–Crippen MR) is 68.3 cm³/mol. The average molecular weight is 271 g/mol. The van der Waals surface area contributed by atoms with Gasteiger partial charge in [-0.15, -0.1) is 0 Å². The number of carbonyl (C=O) groups is 3. The molecule has 2 saturated heterocycles. The predicted octanol–water partition coefficient (Wildman–Crippen LogP) is -0.106. The lowest BCUT2D eigenvalue weighted by Crippen LogP contribution is -2.36. The van der Waals surface area contributed by atoms with Crippen LogP contribution in [0.15, 0.2) is 0 Å². The van der Waals surface area contributed by atoms with Gasteiger partial charge in [0.1, 0.15) is 0 Å². The van der Waals surface area contributed by atoms with Gasteiger partial charge < -0.3 is 15.1 Å². The van der Waals surface area contributed by atoms with Gasteiger partial charge in [0, 0.05) is 51.3 Å². The highest BCUT2D eigenvalue weighted by Gasteiger charge is 2.23. The summed E-state index contributed by atoms with van der Waals surface area (Å²) < 4.78 is 0. The van der Waals surface area contributed by atoms with Gasteiger partial charge in [-0.1, -0.05) is 11.8 Å². The van der Waals surface area contributed by atoms with Crippen molar-refractivity contribution in [1.29, 1.82) is 0 Å². The normalized spacial score (nSPS) is 20.9. The van der Waals surface area contributed by atoms with Crippen molar-refractivity contribution in [2.75, 3.05) is 38.5 Å². The maximum atomic E-state index is 12.0. The second-order valence-corrected chi connectivity index (χ2v) is 5.38. The van der Waals surface area contributed by atoms with Crippen LogP contribution >= 0.6 is 11.8 Å². The molecule has 0 radical (unpaired) electrons. The van der Waals surface area contributed by atoms with Gasteiger partial charge >= 0.3 is 0 Å². The quantitative estimate of drug-likeness (QED) is 0.778. The Bertz CT molecular complexity index is 361. The monoisotopic (exact) mass is 271 g/mol. The molecule has 2 rings (SSSR count). The van der Waals surface area contributed by atoms with Crippen LogP contribution in [0, 0.1) is 0 Å². The summed E-state index contributed by atoms with van der Waals surface area (Å²) in [6.07, 6.45) is 0.713. The third-order valence-corrected chi connectivity index (χ3v) is 4.00. The van der Waals surface area contributed by atoms with E-state index in [2.05, 4.69) is 5.32 Å². The summed E-state index contributed by atoms with van der Waals surface area (Å²) in [5.74, 6) is 0.836. The fraction of sp³-hybridized carbons (Fsp3) is 0.727. The zero-order valence-electron chi connectivity index (χ0n) is 10.2. The Morgan fingerprint density at radius 1 is 1.28 bits per heavy atom. The number of rotatable bonds is 3. The second kappa shape index (κ2) is 6.08. The van der Waals surface area contributed by atoms with Crippen molar-refractivity contribution in [3.8, 4) is 0 Å². The van der Waals surface area contributed by atoms with Gasteiger partial charge in [-0.3, -0.25) is 14.4 Å². The molecule has 7 heteroatoms. The van der Waals surface area contributed by atoms with Crippen LogP contribution in [0.3, 0.4) is 0 Å². The molecule has 0 aliphatic carbocycles. The molecule has 100 valence electrons. The van der Waals surface area contributed by atoms with Crippen molar-refractivity contribution in [2.24, 2.45) is 0 Å². The van der Waals surface area contributed by atoms with E-state index in [0.717, 1.165) is 12.3 Å². The Labute approximate surface area is 110 Å². The molecule has 18 heavy (non-hydrogen) atoms. The minimum Gasteiger partial charge on any atom is -0.354 e. The van der Waals surface area contributed by atoms with Gasteiger partial charge in [0.05, 0.1) is 0 Å². The third kappa shape index (κ3) is 3.38. The molecule has 2 aliphatic rings. The van der Waals surface area contributed by atoms with Crippen LogP contribution in [0.2, 0.25) is 0 Å². The Hall–Kier alpha value is -1.24. The van der Waals surface area contributed by atoms with Crippen LogP contribution in [-0.4, -0.2) is 65.3 Å². The molecule has 0 aromatic heterocycles. The zero-order chi connectivity index (χ0) is 13.0. The van der Waals surface area contributed by atoms with Gasteiger partial charge in [-0.05, 0) is 0 Å². The van der Waals surface area contributed by atoms with Crippen molar-refractivity contribution < 1.29 is 14.4 Å². The number of thioether (sulfide) groups is 1. The molecule has 1 N–H and O–H groups in total. The van der Waals surface area contributed by atoms with E-state index in [1.54, 1.807) is 9.80 Å². The van der Waals surface area contributed by atoms with Gasteiger partial charge in [0.15, 0.2) is 0 Å². The molecule has 0 aromatic rings. The van der Waals surface area contributed by atoms with E-state index in [0.29, 0.717) is 39.0 Å². The highest BCUT2D eigenvalue weighted by atomic mass is 32.2. The molecule has 0 saturated carbocycles. The van der Waals surface area contributed by atoms with Crippen LogP contribution in [0.1, 0.15) is 12.8 Å². The average Bonchev–Trinajstić information content (AvgIpc) is 2.62. The Morgan fingerprint density at radius 2 is 2.11 bits per heavy atom. The highest BCUT2D eigenvalue weighted by molar-refractivity contribution is 8.13. The van der Waals surface area contributed by atoms with Crippen LogP contribution in [0.25, 0.3) is 0 Å². The lowest BCUT2D eigenvalue weighted by molar-refractivity contribution is -0.131. The third-order valence-electron chi connectivity index (χ3n) is 3.11. The van der Waals surface area contributed by atoms with Crippen molar-refractivity contribution >= 4 is 28.8 Å². The topological polar surface area (TPSA) is 69.7 Å². The number of carbonyl (C=O) groups excluding carboxylic acids is 3. The molecule has 0 bridgehead atoms. The largest absolute Gasteiger partial charge is 0.354 e. The van der Waals surface area contributed by atoms with Crippen molar-refractivity contribution in [2.45, 2.75) is 12.8 Å². The summed E-state index contributed by atoms with van der Waals surface area (Å²) in [6, 6.07) is 0. The summed E-state index contributed by atoms with van der Waals surface area (Å²) in [5.41, 5.74) is 0. The fourth-order valence-electron chi connectivity index (χ4n) is 2.03. The minimum atomic E-state index is -0.00331. The second-order valence-electron chi connectivity index (χ2n) is 4.33. The van der Waals surface area contributed by atoms with Gasteiger partial charge in [-0.25, -0.2) is 0 Å². The summed E-state index contributed by atoms with van der Waals surface area (Å²) in [5, 5.41) is 2.80. The van der Waals surface area contributed by atoms with E-state index in [1.165, 1.54) is 11.8 Å². The first-order valence-corrected chi connectivity index (χ1v) is 7.11. The van der Waals surface area contributed by atoms with Gasteiger partial charge in [0.25, 0.3) is 5.24 Å². The van der Waals surface area contributed by atoms with Crippen LogP contribution in [0.5, 0.6) is 0 Å². The van der Waals surface area contributed by atoms with Crippen LogP contribution in [0.4, 0.5) is 4.79 Å². The molecule has 2 aliphatic heterocycles. The molecular formula is C11H17N3O3S. The van der Waals surface area contributed by atoms with Crippen molar-refractivity contribution in [3.63, 3.8) is 0 Å². The van der Waals surface area contributed by atoms with E-state index in [1.807, 2.05) is 0 Å². The smallest absolute Gasteiger partial charge is 0.281 e. The zero-order valence-corrected chi connectivity index (χ0v) is 11.0. The van der Waals surface area contributed by atoms with Crippen LogP contribution < -0.4 is 5.32 Å². The Balaban J connectivity index is 1.76. The number of nitrogens with one attached hydrogen (secondary N) is 1. The molecule has 0 unspecified atom stereocenters. The first-order chi connectivity index (χ1) is 8.66. The first kappa shape index (κ1) is 13.2. The first-order valence-electron chi connectivity index (χ1n) is 6.13. The molecule has 0 atom stereocenters. The molecule has 2 fully saturated rings. The lowest BCUT2D eigenvalue weighted by Gasteiger charge is -2.21. The SMILES string of the molecule is O=C1CCN(C(=O)CCN2CCSC2=O)CCN1. The van der Waals surface area contributed by atoms with Crippen molar-refractivity contribution in [3.05, 3.63) is 0 Å². The van der Waals surface area contributed by atoms with Gasteiger partial charge in [0.2, 0.25) is 11.8 Å². The van der Waals surface area contributed by atoms with E-state index in [9.17, 15) is 14.4 Å². The van der Waals surface area contributed by atoms with E-state index in [4.69, 9.17) is 0 Å². The fourth-order valence-corrected chi connectivity index (χ4v) is 2.89. The number of nitrogens with zero attached hydrogens (tertiary/aromatic N) is 2. The summed E-state index contributed by atoms with van der Waals surface area (Å²) in [6.45, 7) is 2.78. The molecular weight excluding hydrogens is 254 g/mol. The van der Waals surface area contributed by atoms with E-state index < -0.39 is 0 Å². The van der Waals surface area contributed by atoms with E-state index >= 15 is 0 Å². The minimum absolute atomic E-state index is 0.00331. The van der Waals surface area contributed by atoms with Gasteiger partial charge in [-0.2, -0.15) is 0 Å². The summed E-state index contributed by atoms with van der Waals surface area (Å²) in [7, 11) is 0. The molecule has 0 spiro atoms. The Morgan fingerprint density at radius 3 is 2.83 bits per heavy atom. The maximum Gasteiger partial charge on any atom is 0.281 e. The molecule has 2 heterocycles. The number of hydrogen-bond donors (Lipinski definition) is 1. The Kier molecular flexibility index (Phi) is 4.46.